The first-order chi connectivity index (χ1) is 4.54. The molecule has 0 unspecified atom stereocenters. The molecule has 0 saturated heterocycles. The third-order valence-corrected chi connectivity index (χ3v) is 1.31. The Balaban J connectivity index is 4.10. The first-order valence-electron chi connectivity index (χ1n) is 3.01. The monoisotopic (exact) mass is 146 g/mol. The van der Waals surface area contributed by atoms with E-state index in [9.17, 15) is 0 Å². The van der Waals surface area contributed by atoms with Gasteiger partial charge >= 0.3 is 0 Å². The zero-order chi connectivity index (χ0) is 8.20. The average molecular weight is 146 g/mol. The Morgan fingerprint density at radius 2 is 2.20 bits per heavy atom. The average Bonchev–Trinajstić information content (AvgIpc) is 1.86. The fourth-order valence-corrected chi connectivity index (χ4v) is 0.570. The quantitative estimate of drug-likeness (QED) is 0.262. The van der Waals surface area contributed by atoms with Crippen molar-refractivity contribution in [2.75, 3.05) is 13.7 Å². The number of oxime groups is 1. The van der Waals surface area contributed by atoms with Crippen molar-refractivity contribution in [3.05, 3.63) is 0 Å². The number of nitrogens with two attached hydrogens (primary N) is 1. The lowest BCUT2D eigenvalue weighted by Gasteiger charge is -2.20. The molecule has 0 bridgehead atoms. The number of rotatable bonds is 3. The molecule has 0 amide bonds. The molecule has 0 rings (SSSR count). The van der Waals surface area contributed by atoms with Crippen LogP contribution in [0.5, 0.6) is 0 Å². The second kappa shape index (κ2) is 3.41. The van der Waals surface area contributed by atoms with E-state index in [1.807, 2.05) is 13.8 Å². The standard InChI is InChI=1S/C6H14N2O2/c1-6(2,4-10-3)5(7)8-9/h9H,4H2,1-3H3,(H2,7,8). The molecular weight excluding hydrogens is 132 g/mol. The molecule has 0 fully saturated rings. The third kappa shape index (κ3) is 2.23. The van der Waals surface area contributed by atoms with Gasteiger partial charge < -0.3 is 15.7 Å². The van der Waals surface area contributed by atoms with Crippen molar-refractivity contribution in [1.82, 2.24) is 0 Å². The van der Waals surface area contributed by atoms with Crippen LogP contribution in [0.3, 0.4) is 0 Å². The lowest BCUT2D eigenvalue weighted by molar-refractivity contribution is 0.139. The van der Waals surface area contributed by atoms with Gasteiger partial charge in [-0.2, -0.15) is 0 Å². The minimum Gasteiger partial charge on any atom is -0.409 e. The fraction of sp³-hybridized carbons (Fsp3) is 0.833. The highest BCUT2D eigenvalue weighted by Crippen LogP contribution is 2.14. The van der Waals surface area contributed by atoms with Crippen LogP contribution >= 0.6 is 0 Å². The molecule has 0 aromatic carbocycles. The molecular formula is C6H14N2O2. The van der Waals surface area contributed by atoms with E-state index in [0.29, 0.717) is 6.61 Å². The summed E-state index contributed by atoms with van der Waals surface area (Å²) in [6, 6.07) is 0. The summed E-state index contributed by atoms with van der Waals surface area (Å²) in [5.74, 6) is 0.189. The molecule has 3 N–H and O–H groups in total. The normalized spacial score (nSPS) is 13.7. The Kier molecular flexibility index (Phi) is 3.15. The van der Waals surface area contributed by atoms with Crippen LogP contribution in [0.1, 0.15) is 13.8 Å². The van der Waals surface area contributed by atoms with E-state index >= 15 is 0 Å². The van der Waals surface area contributed by atoms with Gasteiger partial charge in [-0.3, -0.25) is 0 Å². The molecule has 0 aromatic heterocycles. The minimum atomic E-state index is -0.385. The molecule has 0 saturated carbocycles. The summed E-state index contributed by atoms with van der Waals surface area (Å²) >= 11 is 0. The molecule has 0 heterocycles. The molecule has 0 aromatic rings. The zero-order valence-electron chi connectivity index (χ0n) is 6.59. The van der Waals surface area contributed by atoms with Gasteiger partial charge in [0.2, 0.25) is 0 Å². The summed E-state index contributed by atoms with van der Waals surface area (Å²) in [4.78, 5) is 0. The number of amidine groups is 1. The summed E-state index contributed by atoms with van der Waals surface area (Å²) in [6.45, 7) is 4.12. The Morgan fingerprint density at radius 1 is 1.70 bits per heavy atom. The summed E-state index contributed by atoms with van der Waals surface area (Å²) in [5, 5.41) is 11.2. The summed E-state index contributed by atoms with van der Waals surface area (Å²) < 4.78 is 4.86. The smallest absolute Gasteiger partial charge is 0.147 e. The predicted octanol–water partition coefficient (Wildman–Crippen LogP) is 0.405. The van der Waals surface area contributed by atoms with E-state index in [1.165, 1.54) is 0 Å². The molecule has 0 aliphatic carbocycles. The lowest BCUT2D eigenvalue weighted by atomic mass is 9.94. The largest absolute Gasteiger partial charge is 0.409 e. The van der Waals surface area contributed by atoms with Crippen molar-refractivity contribution in [3.63, 3.8) is 0 Å². The number of hydrogen-bond acceptors (Lipinski definition) is 3. The van der Waals surface area contributed by atoms with E-state index < -0.39 is 0 Å². The molecule has 0 atom stereocenters. The van der Waals surface area contributed by atoms with Crippen LogP contribution in [-0.2, 0) is 4.74 Å². The van der Waals surface area contributed by atoms with Gasteiger partial charge in [0.1, 0.15) is 5.84 Å². The van der Waals surface area contributed by atoms with Crippen LogP contribution < -0.4 is 5.73 Å². The van der Waals surface area contributed by atoms with E-state index in [1.54, 1.807) is 7.11 Å². The van der Waals surface area contributed by atoms with Gasteiger partial charge in [-0.05, 0) is 0 Å². The van der Waals surface area contributed by atoms with Crippen LogP contribution in [0.25, 0.3) is 0 Å². The SMILES string of the molecule is COCC(C)(C)/C(N)=N\O. The first kappa shape index (κ1) is 9.23. The molecule has 0 aliphatic rings. The predicted molar refractivity (Wildman–Crippen MR) is 39.1 cm³/mol. The highest BCUT2D eigenvalue weighted by molar-refractivity contribution is 5.85. The second-order valence-corrected chi connectivity index (χ2v) is 2.80. The maximum atomic E-state index is 8.30. The maximum Gasteiger partial charge on any atom is 0.147 e. The van der Waals surface area contributed by atoms with Crippen LogP contribution in [0.2, 0.25) is 0 Å². The Labute approximate surface area is 60.7 Å². The number of hydrogen-bond donors (Lipinski definition) is 2. The van der Waals surface area contributed by atoms with Gasteiger partial charge in [-0.15, -0.1) is 0 Å². The second-order valence-electron chi connectivity index (χ2n) is 2.80. The first-order valence-corrected chi connectivity index (χ1v) is 3.01. The van der Waals surface area contributed by atoms with Gasteiger partial charge in [0.05, 0.1) is 6.61 Å². The third-order valence-electron chi connectivity index (χ3n) is 1.31. The van der Waals surface area contributed by atoms with Crippen LogP contribution in [0.4, 0.5) is 0 Å². The van der Waals surface area contributed by atoms with Crippen molar-refractivity contribution in [3.8, 4) is 0 Å². The molecule has 4 nitrogen and oxygen atoms in total. The van der Waals surface area contributed by atoms with E-state index in [4.69, 9.17) is 15.7 Å². The fourth-order valence-electron chi connectivity index (χ4n) is 0.570. The molecule has 4 heteroatoms. The lowest BCUT2D eigenvalue weighted by Crippen LogP contribution is -2.35. The van der Waals surface area contributed by atoms with Crippen LogP contribution in [0.15, 0.2) is 5.16 Å². The van der Waals surface area contributed by atoms with Crippen molar-refractivity contribution in [2.45, 2.75) is 13.8 Å². The highest BCUT2D eigenvalue weighted by Gasteiger charge is 2.22. The summed E-state index contributed by atoms with van der Waals surface area (Å²) in [7, 11) is 1.58. The molecule has 0 spiro atoms. The van der Waals surface area contributed by atoms with Crippen LogP contribution in [-0.4, -0.2) is 24.8 Å². The Hall–Kier alpha value is -0.770. The van der Waals surface area contributed by atoms with Gasteiger partial charge in [0.25, 0.3) is 0 Å². The van der Waals surface area contributed by atoms with E-state index in [-0.39, 0.29) is 11.3 Å². The Bertz CT molecular complexity index is 132. The number of nitrogens with zero attached hydrogens (tertiary/aromatic N) is 1. The van der Waals surface area contributed by atoms with Gasteiger partial charge in [0, 0.05) is 12.5 Å². The summed E-state index contributed by atoms with van der Waals surface area (Å²) in [5.41, 5.74) is 4.97. The highest BCUT2D eigenvalue weighted by atomic mass is 16.5. The molecule has 10 heavy (non-hydrogen) atoms. The van der Waals surface area contributed by atoms with Gasteiger partial charge in [0.15, 0.2) is 0 Å². The van der Waals surface area contributed by atoms with Crippen molar-refractivity contribution in [2.24, 2.45) is 16.3 Å². The molecule has 0 aliphatic heterocycles. The maximum absolute atomic E-state index is 8.30. The van der Waals surface area contributed by atoms with Crippen molar-refractivity contribution >= 4 is 5.84 Å². The van der Waals surface area contributed by atoms with Crippen molar-refractivity contribution < 1.29 is 9.94 Å². The molecule has 0 radical (unpaired) electrons. The van der Waals surface area contributed by atoms with E-state index in [2.05, 4.69) is 5.16 Å². The zero-order valence-corrected chi connectivity index (χ0v) is 6.59. The Morgan fingerprint density at radius 3 is 2.50 bits per heavy atom. The van der Waals surface area contributed by atoms with Gasteiger partial charge in [-0.1, -0.05) is 19.0 Å². The minimum absolute atomic E-state index is 0.189. The van der Waals surface area contributed by atoms with Crippen LogP contribution in [0, 0.1) is 5.41 Å². The number of methoxy groups -OCH3 is 1. The van der Waals surface area contributed by atoms with E-state index in [0.717, 1.165) is 0 Å². The summed E-state index contributed by atoms with van der Waals surface area (Å²) in [6.07, 6.45) is 0. The molecule has 60 valence electrons. The van der Waals surface area contributed by atoms with Crippen molar-refractivity contribution in [1.29, 1.82) is 0 Å². The topological polar surface area (TPSA) is 67.8 Å². The van der Waals surface area contributed by atoms with Gasteiger partial charge in [-0.25, -0.2) is 0 Å². The number of ether oxygens (including phenoxy) is 1.